The summed E-state index contributed by atoms with van der Waals surface area (Å²) in [7, 11) is -1.11. The van der Waals surface area contributed by atoms with E-state index in [9.17, 15) is 0 Å². The second-order valence-electron chi connectivity index (χ2n) is 1.78. The smallest absolute Gasteiger partial charge is 0.129 e. The molecule has 0 nitrogen and oxygen atoms in total. The summed E-state index contributed by atoms with van der Waals surface area (Å²) in [6.07, 6.45) is 0. The van der Waals surface area contributed by atoms with Crippen LogP contribution < -0.4 is 0 Å². The van der Waals surface area contributed by atoms with Gasteiger partial charge in [0.15, 0.2) is 0 Å². The normalized spacial score (nSPS) is 55.5. The van der Waals surface area contributed by atoms with E-state index in [1.807, 2.05) is 0 Å². The quantitative estimate of drug-likeness (QED) is 0.329. The first-order valence-corrected chi connectivity index (χ1v) is 13.1. The Morgan fingerprint density at radius 2 is 1.12 bits per heavy atom. The molecule has 48 valence electrons. The Morgan fingerprint density at radius 3 is 1.25 bits per heavy atom. The lowest BCUT2D eigenvalue weighted by molar-refractivity contribution is 1.60. The highest BCUT2D eigenvalue weighted by atomic mass is 79.9. The van der Waals surface area contributed by atoms with Crippen LogP contribution in [0.4, 0.5) is 0 Å². The molecule has 0 aromatic rings. The van der Waals surface area contributed by atoms with Crippen LogP contribution in [0, 0.1) is 0 Å². The zero-order valence-corrected chi connectivity index (χ0v) is 12.5. The summed E-state index contributed by atoms with van der Waals surface area (Å²) in [5, 5.41) is 0. The summed E-state index contributed by atoms with van der Waals surface area (Å²) in [4.78, 5) is 0. The molecule has 0 bridgehead atoms. The van der Waals surface area contributed by atoms with Crippen LogP contribution in [0.2, 0.25) is 0 Å². The average molecular weight is 404 g/mol. The van der Waals surface area contributed by atoms with Gasteiger partial charge >= 0.3 is 0 Å². The number of hydrogen-bond acceptors (Lipinski definition) is 0. The van der Waals surface area contributed by atoms with Gasteiger partial charge in [-0.2, -0.15) is 0 Å². The molecule has 1 rings (SSSR count). The molecule has 8 heavy (non-hydrogen) atoms. The van der Waals surface area contributed by atoms with Crippen LogP contribution in [0.1, 0.15) is 0 Å². The second-order valence-corrected chi connectivity index (χ2v) is 20.3. The van der Waals surface area contributed by atoms with Crippen LogP contribution in [0.3, 0.4) is 0 Å². The van der Waals surface area contributed by atoms with Crippen LogP contribution in [0.5, 0.6) is 0 Å². The number of alkyl halides is 2. The highest BCUT2D eigenvalue weighted by Crippen LogP contribution is 2.37. The molecule has 0 aromatic heterocycles. The molecule has 1 aliphatic heterocycles. The van der Waals surface area contributed by atoms with Crippen LogP contribution in [0.25, 0.3) is 0 Å². The Morgan fingerprint density at radius 1 is 0.875 bits per heavy atom. The molecule has 1 heterocycles. The van der Waals surface area contributed by atoms with Gasteiger partial charge in [-0.05, 0) is 0 Å². The molecule has 0 aliphatic carbocycles. The molecule has 0 aromatic carbocycles. The lowest BCUT2D eigenvalue weighted by Crippen LogP contribution is -2.58. The van der Waals surface area contributed by atoms with Crippen molar-refractivity contribution in [2.75, 3.05) is 0 Å². The first-order valence-electron chi connectivity index (χ1n) is 2.21. The number of halogens is 4. The van der Waals surface area contributed by atoms with Gasteiger partial charge in [0.05, 0.1) is 0 Å². The summed E-state index contributed by atoms with van der Waals surface area (Å²) >= 11 is 14.6. The Kier molecular flexibility index (Phi) is 3.35. The van der Waals surface area contributed by atoms with Gasteiger partial charge in [-0.15, -0.1) is 30.6 Å². The molecule has 0 atom stereocenters. The molecule has 0 saturated carbocycles. The molecular formula is C2H4Br4Si2. The number of rotatable bonds is 0. The van der Waals surface area contributed by atoms with Gasteiger partial charge < -0.3 is 0 Å². The predicted molar refractivity (Wildman–Crippen MR) is 57.6 cm³/mol. The standard InChI is InChI=1S/C2H4Br4Si2/c3-1-7(5)2(4)8(1)6/h1-2,7-8H. The minimum absolute atomic E-state index is 0.555. The third kappa shape index (κ3) is 1.34. The van der Waals surface area contributed by atoms with Gasteiger partial charge in [0.25, 0.3) is 0 Å². The lowest BCUT2D eigenvalue weighted by Gasteiger charge is -2.36. The Hall–Kier alpha value is 2.35. The third-order valence-corrected chi connectivity index (χ3v) is 37.6. The predicted octanol–water partition coefficient (Wildman–Crippen LogP) is 1.92. The fourth-order valence-corrected chi connectivity index (χ4v) is 34.5. The maximum Gasteiger partial charge on any atom is 0.137 e. The van der Waals surface area contributed by atoms with Crippen molar-refractivity contribution in [3.8, 4) is 0 Å². The molecule has 1 fully saturated rings. The van der Waals surface area contributed by atoms with Crippen LogP contribution in [-0.4, -0.2) is 23.0 Å². The summed E-state index contributed by atoms with van der Waals surface area (Å²) in [6.45, 7) is 0. The van der Waals surface area contributed by atoms with E-state index in [-0.39, 0.29) is 0 Å². The van der Waals surface area contributed by atoms with Crippen molar-refractivity contribution in [2.24, 2.45) is 0 Å². The third-order valence-electron chi connectivity index (χ3n) is 1.22. The van der Waals surface area contributed by atoms with E-state index >= 15 is 0 Å². The van der Waals surface area contributed by atoms with Crippen LogP contribution in [-0.2, 0) is 0 Å². The van der Waals surface area contributed by atoms with E-state index in [2.05, 4.69) is 62.4 Å². The fraction of sp³-hybridized carbons (Fsp3) is 1.00. The lowest BCUT2D eigenvalue weighted by atomic mass is 11.8. The minimum atomic E-state index is -0.555. The minimum Gasteiger partial charge on any atom is -0.129 e. The average Bonchev–Trinajstić information content (AvgIpc) is 1.83. The Bertz CT molecular complexity index is 66.0. The van der Waals surface area contributed by atoms with E-state index in [1.54, 1.807) is 0 Å². The van der Waals surface area contributed by atoms with Gasteiger partial charge in [-0.25, -0.2) is 0 Å². The number of hydrogen-bond donors (Lipinski definition) is 0. The van der Waals surface area contributed by atoms with Gasteiger partial charge in [0.1, 0.15) is 14.8 Å². The van der Waals surface area contributed by atoms with Crippen molar-refractivity contribution in [1.82, 2.24) is 0 Å². The maximum atomic E-state index is 3.68. The van der Waals surface area contributed by atoms with Crippen LogP contribution >= 0.6 is 62.4 Å². The second kappa shape index (κ2) is 3.17. The SMILES string of the molecule is BrC1[SiH](Br)C(Br)[SiH]1Br. The molecule has 0 radical (unpaired) electrons. The summed E-state index contributed by atoms with van der Waals surface area (Å²) in [6, 6.07) is 0. The Labute approximate surface area is 84.4 Å². The van der Waals surface area contributed by atoms with Crippen molar-refractivity contribution in [2.45, 2.75) is 8.15 Å². The van der Waals surface area contributed by atoms with Crippen molar-refractivity contribution < 1.29 is 0 Å². The van der Waals surface area contributed by atoms with Crippen molar-refractivity contribution >= 4 is 77.3 Å². The van der Waals surface area contributed by atoms with Crippen molar-refractivity contribution in [3.63, 3.8) is 0 Å². The van der Waals surface area contributed by atoms with E-state index in [0.29, 0.717) is 0 Å². The van der Waals surface area contributed by atoms with Gasteiger partial charge in [0.2, 0.25) is 0 Å². The molecule has 1 saturated heterocycles. The fourth-order valence-electron chi connectivity index (χ4n) is 0.557. The van der Waals surface area contributed by atoms with E-state index in [4.69, 9.17) is 0 Å². The summed E-state index contributed by atoms with van der Waals surface area (Å²) in [5.74, 6) is 0. The zero-order valence-electron chi connectivity index (χ0n) is 3.82. The Balaban J connectivity index is 2.42. The largest absolute Gasteiger partial charge is 0.137 e. The molecular weight excluding hydrogens is 400 g/mol. The van der Waals surface area contributed by atoms with E-state index < -0.39 is 14.8 Å². The summed E-state index contributed by atoms with van der Waals surface area (Å²) in [5.41, 5.74) is 0. The molecule has 0 spiro atoms. The topological polar surface area (TPSA) is 0 Å². The molecule has 0 unspecified atom stereocenters. The first kappa shape index (κ1) is 8.45. The van der Waals surface area contributed by atoms with E-state index in [0.717, 1.165) is 8.15 Å². The van der Waals surface area contributed by atoms with E-state index in [1.165, 1.54) is 0 Å². The highest BCUT2D eigenvalue weighted by molar-refractivity contribution is 9.32. The first-order chi connectivity index (χ1) is 3.64. The zero-order chi connectivity index (χ0) is 6.31. The maximum absolute atomic E-state index is 3.68. The highest BCUT2D eigenvalue weighted by Gasteiger charge is 2.47. The summed E-state index contributed by atoms with van der Waals surface area (Å²) < 4.78 is 1.71. The van der Waals surface area contributed by atoms with Gasteiger partial charge in [-0.1, -0.05) is 31.9 Å². The molecule has 1 aliphatic rings. The van der Waals surface area contributed by atoms with Crippen LogP contribution in [0.15, 0.2) is 0 Å². The van der Waals surface area contributed by atoms with Crippen molar-refractivity contribution in [3.05, 3.63) is 0 Å². The van der Waals surface area contributed by atoms with Crippen molar-refractivity contribution in [1.29, 1.82) is 0 Å². The molecule has 0 amide bonds. The van der Waals surface area contributed by atoms with Gasteiger partial charge in [0, 0.05) is 8.15 Å². The monoisotopic (exact) mass is 400 g/mol. The molecule has 6 heteroatoms. The molecule has 0 N–H and O–H groups in total. The van der Waals surface area contributed by atoms with Gasteiger partial charge in [-0.3, -0.25) is 0 Å².